The van der Waals surface area contributed by atoms with Crippen LogP contribution in [-0.2, 0) is 6.42 Å². The van der Waals surface area contributed by atoms with Crippen LogP contribution in [0.5, 0.6) is 0 Å². The fourth-order valence-corrected chi connectivity index (χ4v) is 2.71. The molecule has 1 aliphatic rings. The maximum absolute atomic E-state index is 13.3. The minimum atomic E-state index is -0.451. The van der Waals surface area contributed by atoms with Gasteiger partial charge in [-0.05, 0) is 46.9 Å². The monoisotopic (exact) mass is 301 g/mol. The third kappa shape index (κ3) is 3.27. The first kappa shape index (κ1) is 13.0. The molecule has 0 saturated carbocycles. The predicted molar refractivity (Wildman–Crippen MR) is 69.5 cm³/mol. The molecular weight excluding hydrogens is 285 g/mol. The van der Waals surface area contributed by atoms with Gasteiger partial charge in [-0.2, -0.15) is 0 Å². The van der Waals surface area contributed by atoms with Crippen molar-refractivity contribution in [1.29, 1.82) is 0 Å². The van der Waals surface area contributed by atoms with Gasteiger partial charge in [-0.3, -0.25) is 0 Å². The van der Waals surface area contributed by atoms with E-state index < -0.39 is 6.10 Å². The quantitative estimate of drug-likeness (QED) is 0.899. The van der Waals surface area contributed by atoms with Crippen LogP contribution in [0.15, 0.2) is 22.7 Å². The molecule has 1 aromatic carbocycles. The molecular formula is C13H17BrFNO. The highest BCUT2D eigenvalue weighted by Crippen LogP contribution is 2.23. The second kappa shape index (κ2) is 5.94. The summed E-state index contributed by atoms with van der Waals surface area (Å²) in [5.74, 6) is -0.272. The van der Waals surface area contributed by atoms with Crippen molar-refractivity contribution in [1.82, 2.24) is 5.32 Å². The molecule has 2 N–H and O–H groups in total. The predicted octanol–water partition coefficient (Wildman–Crippen LogP) is 2.63. The molecule has 2 nitrogen and oxygen atoms in total. The van der Waals surface area contributed by atoms with Crippen LogP contribution in [-0.4, -0.2) is 23.8 Å². The van der Waals surface area contributed by atoms with Crippen molar-refractivity contribution in [2.24, 2.45) is 0 Å². The summed E-state index contributed by atoms with van der Waals surface area (Å²) >= 11 is 3.23. The molecule has 1 fully saturated rings. The topological polar surface area (TPSA) is 32.3 Å². The Morgan fingerprint density at radius 3 is 3.00 bits per heavy atom. The first-order valence-corrected chi connectivity index (χ1v) is 6.82. The summed E-state index contributed by atoms with van der Waals surface area (Å²) in [6.45, 7) is 0.964. The zero-order chi connectivity index (χ0) is 12.3. The smallest absolute Gasteiger partial charge is 0.137 e. The van der Waals surface area contributed by atoms with Gasteiger partial charge in [0, 0.05) is 12.5 Å². The molecule has 4 heteroatoms. The van der Waals surface area contributed by atoms with Crippen LogP contribution in [0, 0.1) is 5.82 Å². The van der Waals surface area contributed by atoms with Crippen LogP contribution < -0.4 is 5.32 Å². The first-order valence-electron chi connectivity index (χ1n) is 6.03. The number of hydrogen-bond acceptors (Lipinski definition) is 2. The summed E-state index contributed by atoms with van der Waals surface area (Å²) in [5.41, 5.74) is 0.824. The normalized spacial score (nSPS) is 22.4. The van der Waals surface area contributed by atoms with Crippen molar-refractivity contribution in [3.8, 4) is 0 Å². The van der Waals surface area contributed by atoms with E-state index in [4.69, 9.17) is 0 Å². The Bertz CT molecular complexity index is 380. The number of halogens is 2. The number of nitrogens with one attached hydrogen (secondary N) is 1. The van der Waals surface area contributed by atoms with Crippen LogP contribution >= 0.6 is 15.9 Å². The molecule has 0 amide bonds. The van der Waals surface area contributed by atoms with Crippen molar-refractivity contribution >= 4 is 15.9 Å². The molecule has 0 radical (unpaired) electrons. The van der Waals surface area contributed by atoms with Gasteiger partial charge in [0.15, 0.2) is 0 Å². The molecule has 0 aromatic heterocycles. The SMILES string of the molecule is OC(Cc1cccc(F)c1Br)C1CCCCN1. The van der Waals surface area contributed by atoms with Crippen LogP contribution in [0.2, 0.25) is 0 Å². The number of benzene rings is 1. The molecule has 0 bridgehead atoms. The zero-order valence-electron chi connectivity index (χ0n) is 9.63. The van der Waals surface area contributed by atoms with E-state index >= 15 is 0 Å². The molecule has 0 spiro atoms. The van der Waals surface area contributed by atoms with E-state index in [9.17, 15) is 9.50 Å². The highest BCUT2D eigenvalue weighted by molar-refractivity contribution is 9.10. The highest BCUT2D eigenvalue weighted by atomic mass is 79.9. The van der Waals surface area contributed by atoms with E-state index in [1.807, 2.05) is 6.07 Å². The first-order chi connectivity index (χ1) is 8.18. The number of piperidine rings is 1. The molecule has 1 heterocycles. The minimum absolute atomic E-state index is 0.138. The Morgan fingerprint density at radius 2 is 2.29 bits per heavy atom. The summed E-state index contributed by atoms with van der Waals surface area (Å²) in [6.07, 6.45) is 3.35. The lowest BCUT2D eigenvalue weighted by atomic mass is 9.95. The lowest BCUT2D eigenvalue weighted by Gasteiger charge is -2.28. The molecule has 1 saturated heterocycles. The number of rotatable bonds is 3. The lowest BCUT2D eigenvalue weighted by Crippen LogP contribution is -2.44. The van der Waals surface area contributed by atoms with Gasteiger partial charge in [-0.25, -0.2) is 4.39 Å². The average Bonchev–Trinajstić information content (AvgIpc) is 2.36. The lowest BCUT2D eigenvalue weighted by molar-refractivity contribution is 0.113. The maximum Gasteiger partial charge on any atom is 0.137 e. The molecule has 94 valence electrons. The van der Waals surface area contributed by atoms with E-state index in [1.54, 1.807) is 6.07 Å². The average molecular weight is 302 g/mol. The Hall–Kier alpha value is -0.450. The minimum Gasteiger partial charge on any atom is -0.391 e. The van der Waals surface area contributed by atoms with Crippen molar-refractivity contribution in [3.05, 3.63) is 34.1 Å². The Labute approximate surface area is 109 Å². The van der Waals surface area contributed by atoms with Crippen molar-refractivity contribution in [3.63, 3.8) is 0 Å². The Kier molecular flexibility index (Phi) is 4.54. The number of aliphatic hydroxyl groups excluding tert-OH is 1. The zero-order valence-corrected chi connectivity index (χ0v) is 11.2. The Balaban J connectivity index is 2.01. The number of aliphatic hydroxyl groups is 1. The van der Waals surface area contributed by atoms with Crippen molar-refractivity contribution < 1.29 is 9.50 Å². The summed E-state index contributed by atoms with van der Waals surface area (Å²) < 4.78 is 13.8. The summed E-state index contributed by atoms with van der Waals surface area (Å²) in [5, 5.41) is 13.5. The van der Waals surface area contributed by atoms with Crippen LogP contribution in [0.4, 0.5) is 4.39 Å². The van der Waals surface area contributed by atoms with Gasteiger partial charge in [0.05, 0.1) is 10.6 Å². The summed E-state index contributed by atoms with van der Waals surface area (Å²) in [6, 6.07) is 5.08. The molecule has 2 rings (SSSR count). The fraction of sp³-hybridized carbons (Fsp3) is 0.538. The second-order valence-corrected chi connectivity index (χ2v) is 5.33. The van der Waals surface area contributed by atoms with E-state index in [2.05, 4.69) is 21.2 Å². The molecule has 1 aromatic rings. The third-order valence-electron chi connectivity index (χ3n) is 3.27. The van der Waals surface area contributed by atoms with Gasteiger partial charge in [-0.1, -0.05) is 18.6 Å². The van der Waals surface area contributed by atoms with Crippen LogP contribution in [0.1, 0.15) is 24.8 Å². The van der Waals surface area contributed by atoms with Crippen LogP contribution in [0.25, 0.3) is 0 Å². The molecule has 1 aliphatic heterocycles. The van der Waals surface area contributed by atoms with E-state index in [1.165, 1.54) is 12.5 Å². The summed E-state index contributed by atoms with van der Waals surface area (Å²) in [4.78, 5) is 0. The highest BCUT2D eigenvalue weighted by Gasteiger charge is 2.22. The van der Waals surface area contributed by atoms with Crippen molar-refractivity contribution in [2.75, 3.05) is 6.54 Å². The van der Waals surface area contributed by atoms with Gasteiger partial charge in [0.2, 0.25) is 0 Å². The molecule has 2 unspecified atom stereocenters. The van der Waals surface area contributed by atoms with Crippen LogP contribution in [0.3, 0.4) is 0 Å². The van der Waals surface area contributed by atoms with Gasteiger partial charge >= 0.3 is 0 Å². The van der Waals surface area contributed by atoms with E-state index in [0.29, 0.717) is 10.9 Å². The fourth-order valence-electron chi connectivity index (χ4n) is 2.28. The molecule has 2 atom stereocenters. The van der Waals surface area contributed by atoms with E-state index in [-0.39, 0.29) is 11.9 Å². The van der Waals surface area contributed by atoms with Gasteiger partial charge < -0.3 is 10.4 Å². The van der Waals surface area contributed by atoms with E-state index in [0.717, 1.165) is 24.9 Å². The number of hydrogen-bond donors (Lipinski definition) is 2. The van der Waals surface area contributed by atoms with Gasteiger partial charge in [-0.15, -0.1) is 0 Å². The largest absolute Gasteiger partial charge is 0.391 e. The molecule has 0 aliphatic carbocycles. The molecule has 17 heavy (non-hydrogen) atoms. The standard InChI is InChI=1S/C13H17BrFNO/c14-13-9(4-3-5-10(13)15)8-12(17)11-6-1-2-7-16-11/h3-5,11-12,16-17H,1-2,6-8H2. The van der Waals surface area contributed by atoms with Gasteiger partial charge in [0.1, 0.15) is 5.82 Å². The Morgan fingerprint density at radius 1 is 1.47 bits per heavy atom. The third-order valence-corrected chi connectivity index (χ3v) is 4.16. The second-order valence-electron chi connectivity index (χ2n) is 4.54. The van der Waals surface area contributed by atoms with Gasteiger partial charge in [0.25, 0.3) is 0 Å². The maximum atomic E-state index is 13.3. The summed E-state index contributed by atoms with van der Waals surface area (Å²) in [7, 11) is 0. The van der Waals surface area contributed by atoms with Crippen molar-refractivity contribution in [2.45, 2.75) is 37.8 Å².